The molecule has 5 nitrogen and oxygen atoms in total. The number of aromatic nitrogens is 2. The molecule has 0 aliphatic carbocycles. The number of nitrogens with zero attached hydrogens (tertiary/aromatic N) is 4. The Morgan fingerprint density at radius 2 is 1.52 bits per heavy atom. The van der Waals surface area contributed by atoms with Gasteiger partial charge in [-0.25, -0.2) is 4.98 Å². The number of hydrogen-bond acceptors (Lipinski definition) is 5. The van der Waals surface area contributed by atoms with E-state index >= 15 is 0 Å². The van der Waals surface area contributed by atoms with Gasteiger partial charge in [0.15, 0.2) is 0 Å². The van der Waals surface area contributed by atoms with Crippen molar-refractivity contribution in [1.82, 2.24) is 9.55 Å². The molecule has 0 amide bonds. The van der Waals surface area contributed by atoms with E-state index in [0.29, 0.717) is 11.5 Å². The molecule has 0 atom stereocenters. The van der Waals surface area contributed by atoms with E-state index < -0.39 is 0 Å². The molecular formula is C41H31N4OPtS-3. The Kier molecular flexibility index (Phi) is 7.35. The van der Waals surface area contributed by atoms with Crippen molar-refractivity contribution in [3.8, 4) is 17.3 Å². The van der Waals surface area contributed by atoms with Crippen LogP contribution in [0.5, 0.6) is 11.5 Å². The van der Waals surface area contributed by atoms with Crippen molar-refractivity contribution in [2.75, 3.05) is 16.8 Å². The first-order valence-electron chi connectivity index (χ1n) is 15.8. The number of hydrogen-bond donors (Lipinski definition) is 0. The molecule has 0 fully saturated rings. The summed E-state index contributed by atoms with van der Waals surface area (Å²) >= 11 is 1.83. The topological polar surface area (TPSA) is 33.5 Å². The second-order valence-electron chi connectivity index (χ2n) is 13.1. The van der Waals surface area contributed by atoms with E-state index in [2.05, 4.69) is 140 Å². The van der Waals surface area contributed by atoms with Gasteiger partial charge in [-0.3, -0.25) is 0 Å². The number of thiophene rings is 1. The number of fused-ring (bicyclic) bond motifs is 8. The maximum Gasteiger partial charge on any atom is 0.135 e. The Balaban J connectivity index is 0.00000336. The van der Waals surface area contributed by atoms with Gasteiger partial charge in [-0.15, -0.1) is 52.7 Å². The molecule has 4 heterocycles. The van der Waals surface area contributed by atoms with Crippen molar-refractivity contribution in [3.05, 3.63) is 134 Å². The molecule has 0 N–H and O–H groups in total. The summed E-state index contributed by atoms with van der Waals surface area (Å²) in [5.74, 6) is 2.12. The van der Waals surface area contributed by atoms with Crippen molar-refractivity contribution in [1.29, 1.82) is 0 Å². The molecule has 9 rings (SSSR count). The maximum absolute atomic E-state index is 6.51. The molecule has 8 aromatic rings. The first-order chi connectivity index (χ1) is 22.8. The molecule has 0 bridgehead atoms. The van der Waals surface area contributed by atoms with Gasteiger partial charge >= 0.3 is 0 Å². The van der Waals surface area contributed by atoms with Gasteiger partial charge in [-0.1, -0.05) is 62.7 Å². The Morgan fingerprint density at radius 3 is 2.38 bits per heavy atom. The fraction of sp³-hybridized carbons (Fsp3) is 0.122. The smallest absolute Gasteiger partial charge is 0.135 e. The average molecular weight is 823 g/mol. The summed E-state index contributed by atoms with van der Waals surface area (Å²) in [7, 11) is 2.06. The Labute approximate surface area is 298 Å². The van der Waals surface area contributed by atoms with Crippen molar-refractivity contribution in [2.24, 2.45) is 0 Å². The van der Waals surface area contributed by atoms with E-state index in [0.717, 1.165) is 39.3 Å². The Morgan fingerprint density at radius 1 is 0.750 bits per heavy atom. The van der Waals surface area contributed by atoms with Crippen LogP contribution in [-0.4, -0.2) is 16.6 Å². The van der Waals surface area contributed by atoms with Crippen LogP contribution in [-0.2, 0) is 26.5 Å². The second kappa shape index (κ2) is 11.5. The van der Waals surface area contributed by atoms with Crippen LogP contribution in [0.1, 0.15) is 26.3 Å². The van der Waals surface area contributed by atoms with Gasteiger partial charge in [0.1, 0.15) is 5.82 Å². The quantitative estimate of drug-likeness (QED) is 0.166. The third-order valence-corrected chi connectivity index (χ3v) is 10.2. The SMILES string of the molecule is CN1[CH-]N(c2[c-]c(Oc3[c-]c4c(cc3)c3ccc5sc6ccccc6c5c3n4-c3cc(C(C)(C)C)ccn3)ccc2)c2ccccc21.[Pt]. The zero-order valence-corrected chi connectivity index (χ0v) is 30.0. The normalized spacial score (nSPS) is 13.1. The molecule has 5 aromatic carbocycles. The van der Waals surface area contributed by atoms with Crippen LogP contribution in [0.2, 0.25) is 0 Å². The van der Waals surface area contributed by atoms with Gasteiger partial charge in [-0.05, 0) is 59.8 Å². The van der Waals surface area contributed by atoms with E-state index in [1.54, 1.807) is 0 Å². The van der Waals surface area contributed by atoms with Gasteiger partial charge < -0.3 is 19.1 Å². The number of rotatable bonds is 4. The predicted octanol–water partition coefficient (Wildman–Crippen LogP) is 10.9. The summed E-state index contributed by atoms with van der Waals surface area (Å²) in [5.41, 5.74) is 6.44. The Bertz CT molecular complexity index is 2510. The van der Waals surface area contributed by atoms with E-state index in [1.165, 1.54) is 31.1 Å². The van der Waals surface area contributed by atoms with Crippen molar-refractivity contribution in [2.45, 2.75) is 26.2 Å². The van der Waals surface area contributed by atoms with Gasteiger partial charge in [0.2, 0.25) is 0 Å². The number of pyridine rings is 1. The van der Waals surface area contributed by atoms with Crippen LogP contribution in [0, 0.1) is 18.8 Å². The van der Waals surface area contributed by atoms with E-state index in [4.69, 9.17) is 9.72 Å². The number of anilines is 3. The zero-order valence-electron chi connectivity index (χ0n) is 26.9. The fourth-order valence-corrected chi connectivity index (χ4v) is 7.83. The third kappa shape index (κ3) is 4.89. The van der Waals surface area contributed by atoms with Crippen molar-refractivity contribution >= 4 is 70.4 Å². The minimum atomic E-state index is -0.0260. The van der Waals surface area contributed by atoms with Crippen LogP contribution in [0.25, 0.3) is 47.8 Å². The van der Waals surface area contributed by atoms with Crippen LogP contribution in [0.4, 0.5) is 17.1 Å². The molecule has 0 radical (unpaired) electrons. The molecule has 1 aliphatic rings. The third-order valence-electron chi connectivity index (χ3n) is 9.03. The van der Waals surface area contributed by atoms with Crippen molar-refractivity contribution < 1.29 is 25.8 Å². The first-order valence-corrected chi connectivity index (χ1v) is 16.6. The molecule has 0 unspecified atom stereocenters. The van der Waals surface area contributed by atoms with Crippen molar-refractivity contribution in [3.63, 3.8) is 0 Å². The number of para-hydroxylation sites is 2. The molecule has 0 saturated heterocycles. The van der Waals surface area contributed by atoms with Crippen LogP contribution in [0.3, 0.4) is 0 Å². The van der Waals surface area contributed by atoms with Gasteiger partial charge in [0, 0.05) is 70.3 Å². The summed E-state index contributed by atoms with van der Waals surface area (Å²) < 4.78 is 11.3. The van der Waals surface area contributed by atoms with E-state index in [9.17, 15) is 0 Å². The van der Waals surface area contributed by atoms with Crippen LogP contribution >= 0.6 is 11.3 Å². The van der Waals surface area contributed by atoms with Gasteiger partial charge in [-0.2, -0.15) is 18.8 Å². The molecular weight excluding hydrogens is 792 g/mol. The maximum atomic E-state index is 6.51. The van der Waals surface area contributed by atoms with E-state index in [-0.39, 0.29) is 26.5 Å². The minimum Gasteiger partial charge on any atom is -0.509 e. The number of benzene rings is 5. The molecule has 7 heteroatoms. The largest absolute Gasteiger partial charge is 0.509 e. The monoisotopic (exact) mass is 822 g/mol. The average Bonchev–Trinajstić information content (AvgIpc) is 3.73. The molecule has 0 saturated carbocycles. The fourth-order valence-electron chi connectivity index (χ4n) is 6.72. The summed E-state index contributed by atoms with van der Waals surface area (Å²) in [6.07, 6.45) is 1.92. The molecule has 1 aliphatic heterocycles. The molecule has 48 heavy (non-hydrogen) atoms. The summed E-state index contributed by atoms with van der Waals surface area (Å²) in [6, 6.07) is 43.1. The summed E-state index contributed by atoms with van der Waals surface area (Å²) in [4.78, 5) is 9.20. The summed E-state index contributed by atoms with van der Waals surface area (Å²) in [6.45, 7) is 8.79. The summed E-state index contributed by atoms with van der Waals surface area (Å²) in [5, 5.41) is 4.77. The molecule has 0 spiro atoms. The first kappa shape index (κ1) is 30.7. The standard InChI is InChI=1S/C41H31N4OS.Pt/c1-41(2,3)26-20-21-42-38(22-26)45-35-24-29(46-28-11-9-10-27(23-28)44-25-43(4)33-13-6-7-14-34(33)44)16-17-30(35)31-18-19-37-39(40(31)45)32-12-5-8-15-36(32)47-37;/h5-22,25H,1-4H3;/q-3;. The zero-order chi connectivity index (χ0) is 31.9. The van der Waals surface area contributed by atoms with Crippen LogP contribution in [0.15, 0.2) is 109 Å². The second-order valence-corrected chi connectivity index (χ2v) is 14.2. The number of ether oxygens (including phenoxy) is 1. The van der Waals surface area contributed by atoms with Crippen LogP contribution < -0.4 is 14.5 Å². The Hall–Kier alpha value is -4.64. The molecule has 3 aromatic heterocycles. The van der Waals surface area contributed by atoms with Gasteiger partial charge in [0.05, 0.1) is 5.52 Å². The predicted molar refractivity (Wildman–Crippen MR) is 196 cm³/mol. The minimum absolute atomic E-state index is 0. The molecule has 240 valence electrons. The van der Waals surface area contributed by atoms with E-state index in [1.807, 2.05) is 41.8 Å². The van der Waals surface area contributed by atoms with Gasteiger partial charge in [0.25, 0.3) is 0 Å².